The summed E-state index contributed by atoms with van der Waals surface area (Å²) in [6.45, 7) is 13.5. The molecular weight excluding hydrogens is 246 g/mol. The van der Waals surface area contributed by atoms with Crippen LogP contribution in [0, 0.1) is 17.8 Å². The molecule has 1 saturated heterocycles. The summed E-state index contributed by atoms with van der Waals surface area (Å²) in [6.07, 6.45) is 3.23. The molecule has 0 spiro atoms. The Hall–Kier alpha value is -1.09. The van der Waals surface area contributed by atoms with Gasteiger partial charge in [-0.1, -0.05) is 27.7 Å². The normalized spacial score (nSPS) is 23.4. The monoisotopic (exact) mass is 275 g/mol. The van der Waals surface area contributed by atoms with E-state index >= 15 is 0 Å². The number of piperidine rings is 1. The second-order valence-corrected chi connectivity index (χ2v) is 6.74. The first-order chi connectivity index (χ1) is 9.56. The lowest BCUT2D eigenvalue weighted by Gasteiger charge is -2.36. The fraction of sp³-hybridized carbons (Fsp3) is 0.706. The molecule has 2 unspecified atom stereocenters. The Morgan fingerprint density at radius 1 is 1.35 bits per heavy atom. The van der Waals surface area contributed by atoms with Crippen LogP contribution in [0.3, 0.4) is 0 Å². The molecule has 1 aromatic rings. The molecule has 1 aromatic heterocycles. The van der Waals surface area contributed by atoms with Gasteiger partial charge in [0.2, 0.25) is 0 Å². The maximum atomic E-state index is 4.56. The molecule has 0 amide bonds. The molecule has 2 rings (SSSR count). The largest absolute Gasteiger partial charge is 0.356 e. The van der Waals surface area contributed by atoms with Crippen molar-refractivity contribution < 1.29 is 0 Å². The average molecular weight is 275 g/mol. The van der Waals surface area contributed by atoms with Crippen molar-refractivity contribution in [2.45, 2.75) is 40.7 Å². The van der Waals surface area contributed by atoms with Crippen LogP contribution in [0.1, 0.15) is 39.7 Å². The van der Waals surface area contributed by atoms with Crippen LogP contribution in [0.5, 0.6) is 0 Å². The van der Waals surface area contributed by atoms with E-state index in [0.717, 1.165) is 43.8 Å². The first-order valence-electron chi connectivity index (χ1n) is 7.97. The number of nitrogens with one attached hydrogen (secondary N) is 1. The SMILES string of the molecule is CC(C)CNCc1ccnc(N2CCC(C)C(C)C2)c1. The van der Waals surface area contributed by atoms with Crippen molar-refractivity contribution in [2.75, 3.05) is 24.5 Å². The molecule has 112 valence electrons. The van der Waals surface area contributed by atoms with Crippen LogP contribution in [0.2, 0.25) is 0 Å². The zero-order valence-electron chi connectivity index (χ0n) is 13.4. The molecule has 1 N–H and O–H groups in total. The summed E-state index contributed by atoms with van der Waals surface area (Å²) < 4.78 is 0. The number of rotatable bonds is 5. The van der Waals surface area contributed by atoms with Gasteiger partial charge in [-0.3, -0.25) is 0 Å². The molecule has 0 saturated carbocycles. The Kier molecular flexibility index (Phi) is 5.41. The van der Waals surface area contributed by atoms with E-state index in [9.17, 15) is 0 Å². The fourth-order valence-corrected chi connectivity index (χ4v) is 2.72. The molecule has 1 aliphatic heterocycles. The smallest absolute Gasteiger partial charge is 0.128 e. The minimum absolute atomic E-state index is 0.695. The molecule has 0 aromatic carbocycles. The highest BCUT2D eigenvalue weighted by Crippen LogP contribution is 2.26. The molecule has 2 heterocycles. The Labute approximate surface area is 123 Å². The predicted molar refractivity (Wildman–Crippen MR) is 85.9 cm³/mol. The summed E-state index contributed by atoms with van der Waals surface area (Å²) in [5, 5.41) is 3.50. The summed E-state index contributed by atoms with van der Waals surface area (Å²) in [6, 6.07) is 4.36. The van der Waals surface area contributed by atoms with E-state index < -0.39 is 0 Å². The van der Waals surface area contributed by atoms with Crippen LogP contribution >= 0.6 is 0 Å². The number of anilines is 1. The third-order valence-corrected chi connectivity index (χ3v) is 4.35. The first-order valence-corrected chi connectivity index (χ1v) is 7.97. The standard InChI is InChI=1S/C17H29N3/c1-13(2)10-18-11-16-5-7-19-17(9-16)20-8-6-14(3)15(4)12-20/h5,7,9,13-15,18H,6,8,10-12H2,1-4H3. The number of pyridine rings is 1. The molecule has 3 heteroatoms. The van der Waals surface area contributed by atoms with Gasteiger partial charge < -0.3 is 10.2 Å². The Morgan fingerprint density at radius 2 is 2.15 bits per heavy atom. The maximum Gasteiger partial charge on any atom is 0.128 e. The highest BCUT2D eigenvalue weighted by Gasteiger charge is 2.23. The molecule has 0 aliphatic carbocycles. The van der Waals surface area contributed by atoms with Crippen molar-refractivity contribution in [3.8, 4) is 0 Å². The quantitative estimate of drug-likeness (QED) is 0.893. The van der Waals surface area contributed by atoms with Crippen molar-refractivity contribution in [1.29, 1.82) is 0 Å². The number of hydrogen-bond acceptors (Lipinski definition) is 3. The topological polar surface area (TPSA) is 28.2 Å². The second kappa shape index (κ2) is 7.07. The van der Waals surface area contributed by atoms with Crippen molar-refractivity contribution in [3.05, 3.63) is 23.9 Å². The van der Waals surface area contributed by atoms with E-state index in [0.29, 0.717) is 5.92 Å². The molecule has 1 aliphatic rings. The molecule has 20 heavy (non-hydrogen) atoms. The molecule has 2 atom stereocenters. The van der Waals surface area contributed by atoms with Gasteiger partial charge in [0.05, 0.1) is 0 Å². The van der Waals surface area contributed by atoms with E-state index in [-0.39, 0.29) is 0 Å². The number of nitrogens with zero attached hydrogens (tertiary/aromatic N) is 2. The average Bonchev–Trinajstić information content (AvgIpc) is 2.42. The van der Waals surface area contributed by atoms with Crippen molar-refractivity contribution in [3.63, 3.8) is 0 Å². The Bertz CT molecular complexity index is 416. The molecule has 0 radical (unpaired) electrons. The summed E-state index contributed by atoms with van der Waals surface area (Å²) in [5.41, 5.74) is 1.34. The van der Waals surface area contributed by atoms with Crippen LogP contribution in [-0.2, 0) is 6.54 Å². The van der Waals surface area contributed by atoms with Crippen LogP contribution in [-0.4, -0.2) is 24.6 Å². The minimum Gasteiger partial charge on any atom is -0.356 e. The third-order valence-electron chi connectivity index (χ3n) is 4.35. The molecule has 3 nitrogen and oxygen atoms in total. The van der Waals surface area contributed by atoms with E-state index in [4.69, 9.17) is 0 Å². The summed E-state index contributed by atoms with van der Waals surface area (Å²) in [4.78, 5) is 7.00. The van der Waals surface area contributed by atoms with Crippen molar-refractivity contribution in [2.24, 2.45) is 17.8 Å². The van der Waals surface area contributed by atoms with Gasteiger partial charge in [0.1, 0.15) is 5.82 Å². The maximum absolute atomic E-state index is 4.56. The van der Waals surface area contributed by atoms with E-state index in [1.54, 1.807) is 0 Å². The van der Waals surface area contributed by atoms with E-state index in [2.05, 4.69) is 55.0 Å². The third kappa shape index (κ3) is 4.20. The van der Waals surface area contributed by atoms with Crippen molar-refractivity contribution in [1.82, 2.24) is 10.3 Å². The van der Waals surface area contributed by atoms with Gasteiger partial charge in [-0.05, 0) is 48.4 Å². The van der Waals surface area contributed by atoms with Gasteiger partial charge >= 0.3 is 0 Å². The van der Waals surface area contributed by atoms with Gasteiger partial charge in [0.25, 0.3) is 0 Å². The fourth-order valence-electron chi connectivity index (χ4n) is 2.72. The number of hydrogen-bond donors (Lipinski definition) is 1. The summed E-state index contributed by atoms with van der Waals surface area (Å²) in [7, 11) is 0. The van der Waals surface area contributed by atoms with Crippen LogP contribution < -0.4 is 10.2 Å². The summed E-state index contributed by atoms with van der Waals surface area (Å²) in [5.74, 6) is 3.43. The van der Waals surface area contributed by atoms with E-state index in [1.165, 1.54) is 12.0 Å². The Balaban J connectivity index is 1.95. The first kappa shape index (κ1) is 15.3. The molecule has 1 fully saturated rings. The van der Waals surface area contributed by atoms with Gasteiger partial charge in [-0.2, -0.15) is 0 Å². The second-order valence-electron chi connectivity index (χ2n) is 6.74. The van der Waals surface area contributed by atoms with Gasteiger partial charge in [-0.15, -0.1) is 0 Å². The zero-order chi connectivity index (χ0) is 14.5. The Morgan fingerprint density at radius 3 is 2.85 bits per heavy atom. The van der Waals surface area contributed by atoms with Gasteiger partial charge in [0, 0.05) is 25.8 Å². The number of aromatic nitrogens is 1. The van der Waals surface area contributed by atoms with E-state index in [1.807, 2.05) is 6.20 Å². The molecular formula is C17H29N3. The lowest BCUT2D eigenvalue weighted by atomic mass is 9.89. The zero-order valence-corrected chi connectivity index (χ0v) is 13.4. The van der Waals surface area contributed by atoms with Crippen molar-refractivity contribution >= 4 is 5.82 Å². The molecule has 0 bridgehead atoms. The lowest BCUT2D eigenvalue weighted by Crippen LogP contribution is -2.38. The minimum atomic E-state index is 0.695. The van der Waals surface area contributed by atoms with Gasteiger partial charge in [-0.25, -0.2) is 4.98 Å². The van der Waals surface area contributed by atoms with Crippen LogP contribution in [0.4, 0.5) is 5.82 Å². The van der Waals surface area contributed by atoms with Crippen LogP contribution in [0.15, 0.2) is 18.3 Å². The summed E-state index contributed by atoms with van der Waals surface area (Å²) >= 11 is 0. The highest BCUT2D eigenvalue weighted by molar-refractivity contribution is 5.41. The van der Waals surface area contributed by atoms with Crippen LogP contribution in [0.25, 0.3) is 0 Å². The lowest BCUT2D eigenvalue weighted by molar-refractivity contribution is 0.323. The van der Waals surface area contributed by atoms with Gasteiger partial charge in [0.15, 0.2) is 0 Å². The predicted octanol–water partition coefficient (Wildman–Crippen LogP) is 3.31. The highest BCUT2D eigenvalue weighted by atomic mass is 15.2.